The number of amides is 2. The van der Waals surface area contributed by atoms with E-state index in [4.69, 9.17) is 11.6 Å². The molecule has 1 N–H and O–H groups in total. The van der Waals surface area contributed by atoms with E-state index in [0.717, 1.165) is 10.5 Å². The summed E-state index contributed by atoms with van der Waals surface area (Å²) in [4.78, 5) is 24.2. The minimum Gasteiger partial charge on any atom is -0.372 e. The Kier molecular flexibility index (Phi) is 3.07. The molecule has 1 saturated heterocycles. The van der Waals surface area contributed by atoms with Crippen LogP contribution in [0.2, 0.25) is 5.02 Å². The number of hydrogen-bond acceptors (Lipinski definition) is 3. The van der Waals surface area contributed by atoms with Crippen molar-refractivity contribution in [3.8, 4) is 0 Å². The molecule has 0 saturated carbocycles. The number of likely N-dealkylation sites (N-methyl/N-ethyl adjacent to an activating group) is 1. The number of aryl methyl sites for hydroxylation is 1. The van der Waals surface area contributed by atoms with E-state index >= 15 is 0 Å². The molecule has 90 valence electrons. The Labute approximate surface area is 105 Å². The highest BCUT2D eigenvalue weighted by Crippen LogP contribution is 2.25. The molecule has 0 bridgehead atoms. The van der Waals surface area contributed by atoms with Gasteiger partial charge in [-0.25, -0.2) is 0 Å². The molecule has 2 amide bonds. The van der Waals surface area contributed by atoms with Gasteiger partial charge >= 0.3 is 0 Å². The van der Waals surface area contributed by atoms with E-state index < -0.39 is 6.04 Å². The first-order valence-electron chi connectivity index (χ1n) is 5.32. The molecule has 1 aromatic rings. The summed E-state index contributed by atoms with van der Waals surface area (Å²) in [5.41, 5.74) is 1.73. The number of imide groups is 1. The molecule has 4 nitrogen and oxygen atoms in total. The maximum absolute atomic E-state index is 11.7. The fourth-order valence-electron chi connectivity index (χ4n) is 1.79. The van der Waals surface area contributed by atoms with Crippen LogP contribution in [0.3, 0.4) is 0 Å². The molecule has 1 fully saturated rings. The van der Waals surface area contributed by atoms with Crippen molar-refractivity contribution < 1.29 is 9.59 Å². The summed E-state index contributed by atoms with van der Waals surface area (Å²) in [5.74, 6) is -0.387. The highest BCUT2D eigenvalue weighted by atomic mass is 35.5. The lowest BCUT2D eigenvalue weighted by atomic mass is 10.2. The normalized spacial score (nSPS) is 19.9. The zero-order chi connectivity index (χ0) is 12.6. The van der Waals surface area contributed by atoms with Gasteiger partial charge in [-0.1, -0.05) is 17.7 Å². The predicted molar refractivity (Wildman–Crippen MR) is 66.0 cm³/mol. The zero-order valence-electron chi connectivity index (χ0n) is 9.66. The Balaban J connectivity index is 2.17. The number of hydrogen-bond donors (Lipinski definition) is 1. The number of halogens is 1. The van der Waals surface area contributed by atoms with E-state index in [0.29, 0.717) is 10.7 Å². The zero-order valence-corrected chi connectivity index (χ0v) is 10.4. The van der Waals surface area contributed by atoms with Gasteiger partial charge in [-0.15, -0.1) is 0 Å². The molecular formula is C12H13ClN2O2. The molecule has 0 radical (unpaired) electrons. The summed E-state index contributed by atoms with van der Waals surface area (Å²) in [7, 11) is 1.49. The molecular weight excluding hydrogens is 240 g/mol. The molecule has 1 heterocycles. The highest BCUT2D eigenvalue weighted by Gasteiger charge is 2.36. The summed E-state index contributed by atoms with van der Waals surface area (Å²) in [5, 5.41) is 3.56. The predicted octanol–water partition coefficient (Wildman–Crippen LogP) is 1.82. The second-order valence-corrected chi connectivity index (χ2v) is 4.58. The van der Waals surface area contributed by atoms with E-state index in [1.54, 1.807) is 0 Å². The monoisotopic (exact) mass is 252 g/mol. The topological polar surface area (TPSA) is 49.4 Å². The van der Waals surface area contributed by atoms with Gasteiger partial charge in [0.05, 0.1) is 17.1 Å². The van der Waals surface area contributed by atoms with Crippen molar-refractivity contribution in [3.05, 3.63) is 28.8 Å². The molecule has 0 aromatic heterocycles. The van der Waals surface area contributed by atoms with Crippen LogP contribution in [0.25, 0.3) is 0 Å². The van der Waals surface area contributed by atoms with Crippen LogP contribution in [-0.4, -0.2) is 29.8 Å². The van der Waals surface area contributed by atoms with Crippen LogP contribution in [0, 0.1) is 6.92 Å². The third-order valence-corrected chi connectivity index (χ3v) is 3.15. The largest absolute Gasteiger partial charge is 0.372 e. The van der Waals surface area contributed by atoms with Gasteiger partial charge in [-0.05, 0) is 24.6 Å². The first-order chi connectivity index (χ1) is 7.99. The van der Waals surface area contributed by atoms with Crippen molar-refractivity contribution in [1.29, 1.82) is 0 Å². The molecule has 1 aliphatic rings. The Hall–Kier alpha value is -1.55. The number of carbonyl (C=O) groups excluding carboxylic acids is 2. The smallest absolute Gasteiger partial charge is 0.251 e. The lowest BCUT2D eigenvalue weighted by Crippen LogP contribution is -2.31. The molecule has 1 atom stereocenters. The third-order valence-electron chi connectivity index (χ3n) is 2.84. The van der Waals surface area contributed by atoms with Crippen molar-refractivity contribution in [2.75, 3.05) is 12.4 Å². The van der Waals surface area contributed by atoms with Gasteiger partial charge in [-0.3, -0.25) is 14.5 Å². The van der Waals surface area contributed by atoms with Crippen molar-refractivity contribution in [2.24, 2.45) is 0 Å². The number of anilines is 1. The van der Waals surface area contributed by atoms with Gasteiger partial charge in [0.15, 0.2) is 0 Å². The Bertz CT molecular complexity index is 487. The SMILES string of the molecule is Cc1ccc(NC2CC(=O)N(C)C2=O)c(Cl)c1. The van der Waals surface area contributed by atoms with Crippen LogP contribution < -0.4 is 5.32 Å². The average Bonchev–Trinajstić information content (AvgIpc) is 2.50. The lowest BCUT2D eigenvalue weighted by Gasteiger charge is -2.13. The Morgan fingerprint density at radius 1 is 1.41 bits per heavy atom. The molecule has 0 spiro atoms. The van der Waals surface area contributed by atoms with E-state index in [1.807, 2.05) is 25.1 Å². The van der Waals surface area contributed by atoms with Crippen molar-refractivity contribution in [3.63, 3.8) is 0 Å². The third kappa shape index (κ3) is 2.26. The summed E-state index contributed by atoms with van der Waals surface area (Å²) in [6.45, 7) is 1.94. The van der Waals surface area contributed by atoms with Crippen molar-refractivity contribution in [1.82, 2.24) is 4.90 Å². The second-order valence-electron chi connectivity index (χ2n) is 4.18. The van der Waals surface area contributed by atoms with Gasteiger partial charge in [0, 0.05) is 7.05 Å². The molecule has 5 heteroatoms. The first-order valence-corrected chi connectivity index (χ1v) is 5.70. The second kappa shape index (κ2) is 4.37. The number of nitrogens with one attached hydrogen (secondary N) is 1. The van der Waals surface area contributed by atoms with Gasteiger partial charge in [0.2, 0.25) is 5.91 Å². The maximum atomic E-state index is 11.7. The van der Waals surface area contributed by atoms with Crippen LogP contribution >= 0.6 is 11.6 Å². The Morgan fingerprint density at radius 2 is 2.12 bits per heavy atom. The molecule has 17 heavy (non-hydrogen) atoms. The molecule has 1 aromatic carbocycles. The van der Waals surface area contributed by atoms with E-state index in [9.17, 15) is 9.59 Å². The van der Waals surface area contributed by atoms with Crippen LogP contribution in [0.4, 0.5) is 5.69 Å². The number of carbonyl (C=O) groups is 2. The van der Waals surface area contributed by atoms with Gasteiger partial charge in [0.1, 0.15) is 6.04 Å². The fraction of sp³-hybridized carbons (Fsp3) is 0.333. The van der Waals surface area contributed by atoms with Gasteiger partial charge in [0.25, 0.3) is 5.91 Å². The molecule has 2 rings (SSSR count). The van der Waals surface area contributed by atoms with Gasteiger partial charge in [-0.2, -0.15) is 0 Å². The maximum Gasteiger partial charge on any atom is 0.251 e. The minimum atomic E-state index is -0.507. The van der Waals surface area contributed by atoms with E-state index in [1.165, 1.54) is 7.05 Å². The molecule has 0 aliphatic carbocycles. The summed E-state index contributed by atoms with van der Waals surface area (Å²) in [6.07, 6.45) is 0.180. The summed E-state index contributed by atoms with van der Waals surface area (Å²) in [6, 6.07) is 5.02. The summed E-state index contributed by atoms with van der Waals surface area (Å²) < 4.78 is 0. The van der Waals surface area contributed by atoms with Crippen LogP contribution in [0.5, 0.6) is 0 Å². The van der Waals surface area contributed by atoms with E-state index in [-0.39, 0.29) is 18.2 Å². The standard InChI is InChI=1S/C12H13ClN2O2/c1-7-3-4-9(8(13)5-7)14-10-6-11(16)15(2)12(10)17/h3-5,10,14H,6H2,1-2H3. The number of likely N-dealkylation sites (tertiary alicyclic amines) is 1. The number of rotatable bonds is 2. The first kappa shape index (κ1) is 11.9. The van der Waals surface area contributed by atoms with Crippen LogP contribution in [-0.2, 0) is 9.59 Å². The molecule has 1 unspecified atom stereocenters. The number of benzene rings is 1. The average molecular weight is 253 g/mol. The Morgan fingerprint density at radius 3 is 2.65 bits per heavy atom. The minimum absolute atomic E-state index is 0.171. The quantitative estimate of drug-likeness (QED) is 0.817. The number of nitrogens with zero attached hydrogens (tertiary/aromatic N) is 1. The van der Waals surface area contributed by atoms with Crippen molar-refractivity contribution in [2.45, 2.75) is 19.4 Å². The lowest BCUT2D eigenvalue weighted by molar-refractivity contribution is -0.136. The summed E-state index contributed by atoms with van der Waals surface area (Å²) >= 11 is 6.06. The highest BCUT2D eigenvalue weighted by molar-refractivity contribution is 6.33. The van der Waals surface area contributed by atoms with Crippen molar-refractivity contribution >= 4 is 29.1 Å². The van der Waals surface area contributed by atoms with Crippen LogP contribution in [0.15, 0.2) is 18.2 Å². The fourth-order valence-corrected chi connectivity index (χ4v) is 2.08. The van der Waals surface area contributed by atoms with Gasteiger partial charge < -0.3 is 5.32 Å². The van der Waals surface area contributed by atoms with E-state index in [2.05, 4.69) is 5.32 Å². The van der Waals surface area contributed by atoms with Crippen LogP contribution in [0.1, 0.15) is 12.0 Å². The molecule has 1 aliphatic heterocycles.